The molecule has 1 aromatic heterocycles. The standard InChI is InChI=1S/C6H6Br2O2/c7-3-4(9)5-1-2-6(8)10-5/h1-2,4,9H,3H2. The molecule has 1 unspecified atom stereocenters. The number of aliphatic hydroxyl groups is 1. The summed E-state index contributed by atoms with van der Waals surface area (Å²) in [6, 6.07) is 3.48. The summed E-state index contributed by atoms with van der Waals surface area (Å²) >= 11 is 6.27. The lowest BCUT2D eigenvalue weighted by Gasteiger charge is -1.99. The first-order chi connectivity index (χ1) is 4.74. The van der Waals surface area contributed by atoms with E-state index in [1.54, 1.807) is 12.1 Å². The Morgan fingerprint density at radius 3 is 2.70 bits per heavy atom. The average molecular weight is 270 g/mol. The largest absolute Gasteiger partial charge is 0.452 e. The molecular formula is C6H6Br2O2. The van der Waals surface area contributed by atoms with Gasteiger partial charge in [0, 0.05) is 5.33 Å². The van der Waals surface area contributed by atoms with E-state index in [-0.39, 0.29) is 0 Å². The summed E-state index contributed by atoms with van der Waals surface area (Å²) in [5.41, 5.74) is 0. The second-order valence-corrected chi connectivity index (χ2v) is 3.24. The summed E-state index contributed by atoms with van der Waals surface area (Å²) in [5, 5.41) is 9.67. The molecule has 1 atom stereocenters. The normalized spacial score (nSPS) is 13.5. The molecule has 0 fully saturated rings. The van der Waals surface area contributed by atoms with E-state index < -0.39 is 6.10 Å². The van der Waals surface area contributed by atoms with E-state index in [0.717, 1.165) is 0 Å². The predicted octanol–water partition coefficient (Wildman–Crippen LogP) is 2.47. The van der Waals surface area contributed by atoms with E-state index in [1.807, 2.05) is 0 Å². The third kappa shape index (κ3) is 1.84. The van der Waals surface area contributed by atoms with Gasteiger partial charge in [-0.05, 0) is 28.1 Å². The number of hydrogen-bond donors (Lipinski definition) is 1. The first-order valence-electron chi connectivity index (χ1n) is 2.73. The van der Waals surface area contributed by atoms with E-state index in [2.05, 4.69) is 31.9 Å². The van der Waals surface area contributed by atoms with Crippen LogP contribution < -0.4 is 0 Å². The minimum absolute atomic E-state index is 0.493. The van der Waals surface area contributed by atoms with Gasteiger partial charge in [0.15, 0.2) is 4.67 Å². The maximum Gasteiger partial charge on any atom is 0.169 e. The van der Waals surface area contributed by atoms with Crippen LogP contribution in [0.5, 0.6) is 0 Å². The second kappa shape index (κ2) is 3.55. The molecule has 0 aromatic carbocycles. The molecule has 0 aliphatic rings. The first kappa shape index (κ1) is 8.30. The van der Waals surface area contributed by atoms with E-state index in [1.165, 1.54) is 0 Å². The number of alkyl halides is 1. The summed E-state index contributed by atoms with van der Waals surface area (Å²) < 4.78 is 5.71. The minimum Gasteiger partial charge on any atom is -0.452 e. The fourth-order valence-corrected chi connectivity index (χ4v) is 1.22. The quantitative estimate of drug-likeness (QED) is 0.837. The van der Waals surface area contributed by atoms with Gasteiger partial charge in [-0.2, -0.15) is 0 Å². The third-order valence-electron chi connectivity index (χ3n) is 1.07. The topological polar surface area (TPSA) is 33.4 Å². The van der Waals surface area contributed by atoms with Crippen LogP contribution in [0.3, 0.4) is 0 Å². The van der Waals surface area contributed by atoms with Crippen molar-refractivity contribution in [2.24, 2.45) is 0 Å². The summed E-state index contributed by atoms with van der Waals surface area (Å²) in [4.78, 5) is 0. The average Bonchev–Trinajstić information content (AvgIpc) is 2.34. The van der Waals surface area contributed by atoms with Crippen molar-refractivity contribution in [3.63, 3.8) is 0 Å². The Kier molecular flexibility index (Phi) is 2.95. The SMILES string of the molecule is OC(CBr)c1ccc(Br)o1. The molecule has 1 N–H and O–H groups in total. The monoisotopic (exact) mass is 268 g/mol. The van der Waals surface area contributed by atoms with Gasteiger partial charge in [0.25, 0.3) is 0 Å². The highest BCUT2D eigenvalue weighted by Crippen LogP contribution is 2.21. The van der Waals surface area contributed by atoms with Gasteiger partial charge in [-0.3, -0.25) is 0 Å². The van der Waals surface area contributed by atoms with Crippen LogP contribution in [0.25, 0.3) is 0 Å². The highest BCUT2D eigenvalue weighted by atomic mass is 79.9. The fraction of sp³-hybridized carbons (Fsp3) is 0.333. The molecule has 1 heterocycles. The van der Waals surface area contributed by atoms with Crippen molar-refractivity contribution in [1.29, 1.82) is 0 Å². The Morgan fingerprint density at radius 2 is 2.30 bits per heavy atom. The number of halogens is 2. The molecule has 0 aliphatic carbocycles. The second-order valence-electron chi connectivity index (χ2n) is 1.81. The van der Waals surface area contributed by atoms with Gasteiger partial charge in [0.1, 0.15) is 11.9 Å². The summed E-state index contributed by atoms with van der Waals surface area (Å²) in [6.07, 6.45) is -0.550. The van der Waals surface area contributed by atoms with Gasteiger partial charge in [0.2, 0.25) is 0 Å². The molecule has 1 rings (SSSR count). The van der Waals surface area contributed by atoms with Crippen molar-refractivity contribution in [2.45, 2.75) is 6.10 Å². The lowest BCUT2D eigenvalue weighted by Crippen LogP contribution is -1.94. The van der Waals surface area contributed by atoms with Gasteiger partial charge in [0.05, 0.1) is 0 Å². The van der Waals surface area contributed by atoms with Crippen LogP contribution in [0, 0.1) is 0 Å². The molecule has 0 saturated carbocycles. The smallest absolute Gasteiger partial charge is 0.169 e. The highest BCUT2D eigenvalue weighted by molar-refractivity contribution is 9.10. The molecule has 0 radical (unpaired) electrons. The zero-order valence-electron chi connectivity index (χ0n) is 5.05. The molecule has 0 bridgehead atoms. The van der Waals surface area contributed by atoms with E-state index >= 15 is 0 Å². The van der Waals surface area contributed by atoms with Crippen molar-refractivity contribution in [1.82, 2.24) is 0 Å². The Morgan fingerprint density at radius 1 is 1.60 bits per heavy atom. The van der Waals surface area contributed by atoms with Crippen LogP contribution in [0.4, 0.5) is 0 Å². The Balaban J connectivity index is 2.74. The Bertz CT molecular complexity index is 209. The predicted molar refractivity (Wildman–Crippen MR) is 45.2 cm³/mol. The fourth-order valence-electron chi connectivity index (χ4n) is 0.583. The van der Waals surface area contributed by atoms with Crippen LogP contribution in [-0.2, 0) is 0 Å². The maximum atomic E-state index is 9.18. The van der Waals surface area contributed by atoms with Crippen LogP contribution in [0.1, 0.15) is 11.9 Å². The molecule has 56 valence electrons. The van der Waals surface area contributed by atoms with Crippen LogP contribution in [0.15, 0.2) is 21.2 Å². The van der Waals surface area contributed by atoms with Gasteiger partial charge in [-0.1, -0.05) is 15.9 Å². The molecule has 4 heteroatoms. The number of rotatable bonds is 2. The minimum atomic E-state index is -0.550. The first-order valence-corrected chi connectivity index (χ1v) is 4.64. The molecule has 1 aromatic rings. The molecule has 0 saturated heterocycles. The van der Waals surface area contributed by atoms with E-state index in [4.69, 9.17) is 4.42 Å². The van der Waals surface area contributed by atoms with Crippen molar-refractivity contribution < 1.29 is 9.52 Å². The van der Waals surface area contributed by atoms with Gasteiger partial charge in [-0.15, -0.1) is 0 Å². The summed E-state index contributed by atoms with van der Waals surface area (Å²) in [6.45, 7) is 0. The van der Waals surface area contributed by atoms with Crippen molar-refractivity contribution >= 4 is 31.9 Å². The summed E-state index contributed by atoms with van der Waals surface area (Å²) in [5.74, 6) is 0.573. The summed E-state index contributed by atoms with van der Waals surface area (Å²) in [7, 11) is 0. The highest BCUT2D eigenvalue weighted by Gasteiger charge is 2.08. The third-order valence-corrected chi connectivity index (χ3v) is 2.11. The zero-order valence-corrected chi connectivity index (χ0v) is 8.22. The Hall–Kier alpha value is 0.200. The van der Waals surface area contributed by atoms with Gasteiger partial charge < -0.3 is 9.52 Å². The molecule has 2 nitrogen and oxygen atoms in total. The lowest BCUT2D eigenvalue weighted by molar-refractivity contribution is 0.173. The van der Waals surface area contributed by atoms with Crippen LogP contribution in [-0.4, -0.2) is 10.4 Å². The number of furan rings is 1. The molecule has 0 aliphatic heterocycles. The molecular weight excluding hydrogens is 264 g/mol. The Labute approximate surface area is 75.5 Å². The number of aliphatic hydroxyl groups excluding tert-OH is 1. The van der Waals surface area contributed by atoms with Gasteiger partial charge in [-0.25, -0.2) is 0 Å². The van der Waals surface area contributed by atoms with Crippen LogP contribution in [0.2, 0.25) is 0 Å². The van der Waals surface area contributed by atoms with Crippen molar-refractivity contribution in [3.05, 3.63) is 22.6 Å². The molecule has 10 heavy (non-hydrogen) atoms. The lowest BCUT2D eigenvalue weighted by atomic mass is 10.3. The van der Waals surface area contributed by atoms with Gasteiger partial charge >= 0.3 is 0 Å². The van der Waals surface area contributed by atoms with Crippen molar-refractivity contribution in [3.8, 4) is 0 Å². The molecule has 0 amide bonds. The zero-order chi connectivity index (χ0) is 7.56. The van der Waals surface area contributed by atoms with E-state index in [0.29, 0.717) is 15.8 Å². The maximum absolute atomic E-state index is 9.18. The number of hydrogen-bond acceptors (Lipinski definition) is 2. The van der Waals surface area contributed by atoms with E-state index in [9.17, 15) is 5.11 Å². The molecule has 0 spiro atoms. The van der Waals surface area contributed by atoms with Crippen LogP contribution >= 0.6 is 31.9 Å². The van der Waals surface area contributed by atoms with Crippen molar-refractivity contribution in [2.75, 3.05) is 5.33 Å².